The summed E-state index contributed by atoms with van der Waals surface area (Å²) in [5.74, 6) is 0.499. The van der Waals surface area contributed by atoms with E-state index in [4.69, 9.17) is 0 Å². The number of aromatic nitrogens is 1. The normalized spacial score (nSPS) is 10.7. The van der Waals surface area contributed by atoms with Crippen molar-refractivity contribution in [1.82, 2.24) is 10.3 Å². The molecule has 0 aliphatic carbocycles. The summed E-state index contributed by atoms with van der Waals surface area (Å²) in [6, 6.07) is 3.61. The van der Waals surface area contributed by atoms with Crippen molar-refractivity contribution in [3.05, 3.63) is 44.4 Å². The molecule has 0 aromatic carbocycles. The summed E-state index contributed by atoms with van der Waals surface area (Å²) in [6.07, 6.45) is 1.26. The Labute approximate surface area is 124 Å². The van der Waals surface area contributed by atoms with E-state index in [1.54, 1.807) is 11.3 Å². The summed E-state index contributed by atoms with van der Waals surface area (Å²) in [4.78, 5) is 6.23. The van der Waals surface area contributed by atoms with Gasteiger partial charge < -0.3 is 10.2 Å². The van der Waals surface area contributed by atoms with Crippen LogP contribution in [0.5, 0.6) is 0 Å². The second-order valence-electron chi connectivity index (χ2n) is 4.28. The highest BCUT2D eigenvalue weighted by Gasteiger charge is 2.11. The minimum Gasteiger partial charge on any atom is -0.355 e. The molecule has 2 aromatic heterocycles. The van der Waals surface area contributed by atoms with Crippen molar-refractivity contribution in [2.75, 3.05) is 19.0 Å². The predicted molar refractivity (Wildman–Crippen MR) is 81.1 cm³/mol. The van der Waals surface area contributed by atoms with Crippen LogP contribution in [0.4, 0.5) is 10.2 Å². The van der Waals surface area contributed by atoms with Gasteiger partial charge in [-0.25, -0.2) is 9.37 Å². The molecule has 0 atom stereocenters. The van der Waals surface area contributed by atoms with Crippen molar-refractivity contribution >= 4 is 33.1 Å². The molecular weight excluding hydrogens is 329 g/mol. The van der Waals surface area contributed by atoms with Crippen LogP contribution in [0, 0.1) is 5.82 Å². The van der Waals surface area contributed by atoms with Gasteiger partial charge in [0.1, 0.15) is 11.6 Å². The summed E-state index contributed by atoms with van der Waals surface area (Å²) >= 11 is 5.11. The zero-order valence-electron chi connectivity index (χ0n) is 10.8. The van der Waals surface area contributed by atoms with E-state index in [-0.39, 0.29) is 5.82 Å². The Balaban J connectivity index is 2.20. The molecule has 2 aromatic rings. The molecule has 1 N–H and O–H groups in total. The molecule has 0 spiro atoms. The SMILES string of the molecule is CNCc1cc(F)cnc1N(C)Cc1csc(Br)c1. The predicted octanol–water partition coefficient (Wildman–Crippen LogP) is 3.40. The molecule has 0 saturated carbocycles. The fraction of sp³-hybridized carbons (Fsp3) is 0.308. The first-order valence-corrected chi connectivity index (χ1v) is 7.50. The van der Waals surface area contributed by atoms with Crippen molar-refractivity contribution in [3.8, 4) is 0 Å². The summed E-state index contributed by atoms with van der Waals surface area (Å²) in [5, 5.41) is 5.13. The molecular formula is C13H15BrFN3S. The Morgan fingerprint density at radius 1 is 1.47 bits per heavy atom. The molecule has 0 unspecified atom stereocenters. The van der Waals surface area contributed by atoms with Crippen LogP contribution in [0.15, 0.2) is 27.5 Å². The molecule has 0 radical (unpaired) electrons. The quantitative estimate of drug-likeness (QED) is 0.901. The summed E-state index contributed by atoms with van der Waals surface area (Å²) in [5.41, 5.74) is 2.07. The fourth-order valence-corrected chi connectivity index (χ4v) is 3.12. The first kappa shape index (κ1) is 14.4. The second kappa shape index (κ2) is 6.45. The Kier molecular flexibility index (Phi) is 4.90. The van der Waals surface area contributed by atoms with Crippen molar-refractivity contribution in [1.29, 1.82) is 0 Å². The van der Waals surface area contributed by atoms with Crippen LogP contribution >= 0.6 is 27.3 Å². The highest BCUT2D eigenvalue weighted by Crippen LogP contribution is 2.24. The van der Waals surface area contributed by atoms with E-state index in [1.165, 1.54) is 17.8 Å². The number of nitrogens with zero attached hydrogens (tertiary/aromatic N) is 2. The average molecular weight is 344 g/mol. The number of pyridine rings is 1. The standard InChI is InChI=1S/C13H15BrFN3S/c1-16-5-10-4-11(15)6-17-13(10)18(2)7-9-3-12(14)19-8-9/h3-4,6,8,16H,5,7H2,1-2H3. The van der Waals surface area contributed by atoms with Crippen LogP contribution in [0.3, 0.4) is 0 Å². The number of hydrogen-bond donors (Lipinski definition) is 1. The third-order valence-electron chi connectivity index (χ3n) is 2.68. The highest BCUT2D eigenvalue weighted by atomic mass is 79.9. The van der Waals surface area contributed by atoms with Gasteiger partial charge in [0.15, 0.2) is 0 Å². The lowest BCUT2D eigenvalue weighted by molar-refractivity contribution is 0.615. The van der Waals surface area contributed by atoms with Crippen LogP contribution in [0.1, 0.15) is 11.1 Å². The maximum Gasteiger partial charge on any atom is 0.141 e. The van der Waals surface area contributed by atoms with Gasteiger partial charge in [0.25, 0.3) is 0 Å². The maximum atomic E-state index is 13.3. The molecule has 3 nitrogen and oxygen atoms in total. The van der Waals surface area contributed by atoms with E-state index in [9.17, 15) is 4.39 Å². The van der Waals surface area contributed by atoms with E-state index in [1.807, 2.05) is 19.0 Å². The van der Waals surface area contributed by atoms with E-state index in [2.05, 4.69) is 37.7 Å². The number of rotatable bonds is 5. The summed E-state index contributed by atoms with van der Waals surface area (Å²) < 4.78 is 14.4. The average Bonchev–Trinajstić information content (AvgIpc) is 2.75. The minimum atomic E-state index is -0.305. The monoisotopic (exact) mass is 343 g/mol. The van der Waals surface area contributed by atoms with Gasteiger partial charge in [-0.3, -0.25) is 0 Å². The van der Waals surface area contributed by atoms with Crippen LogP contribution in [0.2, 0.25) is 0 Å². The van der Waals surface area contributed by atoms with Crippen molar-refractivity contribution < 1.29 is 4.39 Å². The lowest BCUT2D eigenvalue weighted by Gasteiger charge is -2.20. The Morgan fingerprint density at radius 2 is 2.26 bits per heavy atom. The number of thiophene rings is 1. The largest absolute Gasteiger partial charge is 0.355 e. The zero-order valence-corrected chi connectivity index (χ0v) is 13.2. The number of halogens is 2. The van der Waals surface area contributed by atoms with Crippen molar-refractivity contribution in [2.45, 2.75) is 13.1 Å². The third-order valence-corrected chi connectivity index (χ3v) is 4.23. The molecule has 2 heterocycles. The first-order valence-electron chi connectivity index (χ1n) is 5.83. The Morgan fingerprint density at radius 3 is 2.89 bits per heavy atom. The molecule has 0 fully saturated rings. The Bertz CT molecular complexity index is 559. The van der Waals surface area contributed by atoms with Crippen LogP contribution in [0.25, 0.3) is 0 Å². The van der Waals surface area contributed by atoms with Crippen LogP contribution < -0.4 is 10.2 Å². The number of anilines is 1. The van der Waals surface area contributed by atoms with Crippen molar-refractivity contribution in [3.63, 3.8) is 0 Å². The lowest BCUT2D eigenvalue weighted by atomic mass is 10.2. The maximum absolute atomic E-state index is 13.3. The molecule has 6 heteroatoms. The van der Waals surface area contributed by atoms with Gasteiger partial charge in [0.05, 0.1) is 9.98 Å². The summed E-state index contributed by atoms with van der Waals surface area (Å²) in [6.45, 7) is 1.34. The van der Waals surface area contributed by atoms with Gasteiger partial charge in [0.2, 0.25) is 0 Å². The van der Waals surface area contributed by atoms with E-state index >= 15 is 0 Å². The van der Waals surface area contributed by atoms with E-state index in [0.29, 0.717) is 6.54 Å². The lowest BCUT2D eigenvalue weighted by Crippen LogP contribution is -2.21. The topological polar surface area (TPSA) is 28.2 Å². The minimum absolute atomic E-state index is 0.305. The van der Waals surface area contributed by atoms with Gasteiger partial charge in [-0.1, -0.05) is 0 Å². The molecule has 19 heavy (non-hydrogen) atoms. The molecule has 102 valence electrons. The van der Waals surface area contributed by atoms with Gasteiger partial charge in [0, 0.05) is 25.7 Å². The van der Waals surface area contributed by atoms with Gasteiger partial charge in [-0.2, -0.15) is 0 Å². The number of hydrogen-bond acceptors (Lipinski definition) is 4. The number of nitrogens with one attached hydrogen (secondary N) is 1. The molecule has 2 rings (SSSR count). The van der Waals surface area contributed by atoms with Gasteiger partial charge in [-0.15, -0.1) is 11.3 Å². The molecule has 0 bridgehead atoms. The van der Waals surface area contributed by atoms with Crippen molar-refractivity contribution in [2.24, 2.45) is 0 Å². The van der Waals surface area contributed by atoms with E-state index in [0.717, 1.165) is 21.7 Å². The molecule has 0 saturated heterocycles. The van der Waals surface area contributed by atoms with Gasteiger partial charge in [-0.05, 0) is 46.1 Å². The second-order valence-corrected chi connectivity index (χ2v) is 6.57. The highest BCUT2D eigenvalue weighted by molar-refractivity contribution is 9.11. The van der Waals surface area contributed by atoms with Crippen LogP contribution in [-0.2, 0) is 13.1 Å². The smallest absolute Gasteiger partial charge is 0.141 e. The zero-order chi connectivity index (χ0) is 13.8. The van der Waals surface area contributed by atoms with Gasteiger partial charge >= 0.3 is 0 Å². The fourth-order valence-electron chi connectivity index (χ4n) is 1.92. The van der Waals surface area contributed by atoms with Crippen LogP contribution in [-0.4, -0.2) is 19.1 Å². The third kappa shape index (κ3) is 3.75. The van der Waals surface area contributed by atoms with E-state index < -0.39 is 0 Å². The summed E-state index contributed by atoms with van der Waals surface area (Å²) in [7, 11) is 3.80. The molecule has 0 aliphatic heterocycles. The Hall–Kier alpha value is -0.980. The molecule has 0 amide bonds. The molecule has 0 aliphatic rings. The first-order chi connectivity index (χ1) is 9.10.